The molecule has 6 heteroatoms. The maximum absolute atomic E-state index is 11.3. The summed E-state index contributed by atoms with van der Waals surface area (Å²) in [5.41, 5.74) is 1.71. The molecule has 0 aliphatic carbocycles. The monoisotopic (exact) mass is 271 g/mol. The molecule has 0 radical (unpaired) electrons. The molecule has 0 aromatic carbocycles. The van der Waals surface area contributed by atoms with Crippen molar-refractivity contribution in [2.24, 2.45) is 5.92 Å². The molecule has 1 fully saturated rings. The summed E-state index contributed by atoms with van der Waals surface area (Å²) in [5, 5.41) is 0. The van der Waals surface area contributed by atoms with Crippen molar-refractivity contribution in [3.8, 4) is 11.5 Å². The lowest BCUT2D eigenvalue weighted by Crippen LogP contribution is -2.26. The predicted octanol–water partition coefficient (Wildman–Crippen LogP) is 1.28. The number of aromatic amines is 1. The Morgan fingerprint density at radius 3 is 3.10 bits per heavy atom. The van der Waals surface area contributed by atoms with Crippen LogP contribution in [0.3, 0.4) is 0 Å². The number of amides is 1. The SMILES string of the molecule is CC(=O)N1CCC(Cc2cncc(-c3ncc[nH]3)n2)C1. The average Bonchev–Trinajstić information content (AvgIpc) is 3.10. The lowest BCUT2D eigenvalue weighted by atomic mass is 10.0. The van der Waals surface area contributed by atoms with Crippen LogP contribution in [0.5, 0.6) is 0 Å². The molecule has 0 bridgehead atoms. The van der Waals surface area contributed by atoms with Crippen LogP contribution < -0.4 is 0 Å². The van der Waals surface area contributed by atoms with Crippen LogP contribution in [0.2, 0.25) is 0 Å². The Bertz CT molecular complexity index is 595. The smallest absolute Gasteiger partial charge is 0.219 e. The Labute approximate surface area is 117 Å². The first-order valence-corrected chi connectivity index (χ1v) is 6.78. The Morgan fingerprint density at radius 2 is 2.40 bits per heavy atom. The van der Waals surface area contributed by atoms with Crippen molar-refractivity contribution in [2.75, 3.05) is 13.1 Å². The van der Waals surface area contributed by atoms with Crippen molar-refractivity contribution < 1.29 is 4.79 Å². The van der Waals surface area contributed by atoms with Crippen LogP contribution >= 0.6 is 0 Å². The van der Waals surface area contributed by atoms with Gasteiger partial charge in [0.05, 0.1) is 11.9 Å². The highest BCUT2D eigenvalue weighted by Gasteiger charge is 2.24. The molecule has 1 N–H and O–H groups in total. The summed E-state index contributed by atoms with van der Waals surface area (Å²) < 4.78 is 0. The number of nitrogens with zero attached hydrogens (tertiary/aromatic N) is 4. The first kappa shape index (κ1) is 12.8. The molecular weight excluding hydrogens is 254 g/mol. The fraction of sp³-hybridized carbons (Fsp3) is 0.429. The zero-order chi connectivity index (χ0) is 13.9. The highest BCUT2D eigenvalue weighted by atomic mass is 16.2. The van der Waals surface area contributed by atoms with E-state index in [4.69, 9.17) is 0 Å². The number of rotatable bonds is 3. The first-order valence-electron chi connectivity index (χ1n) is 6.78. The van der Waals surface area contributed by atoms with Crippen molar-refractivity contribution in [3.05, 3.63) is 30.5 Å². The van der Waals surface area contributed by atoms with E-state index in [2.05, 4.69) is 19.9 Å². The van der Waals surface area contributed by atoms with E-state index in [1.165, 1.54) is 0 Å². The van der Waals surface area contributed by atoms with E-state index in [1.807, 2.05) is 4.90 Å². The van der Waals surface area contributed by atoms with Gasteiger partial charge in [-0.25, -0.2) is 9.97 Å². The van der Waals surface area contributed by atoms with Gasteiger partial charge in [-0.2, -0.15) is 0 Å². The highest BCUT2D eigenvalue weighted by molar-refractivity contribution is 5.73. The van der Waals surface area contributed by atoms with Gasteiger partial charge < -0.3 is 9.88 Å². The molecule has 1 atom stereocenters. The van der Waals surface area contributed by atoms with Gasteiger partial charge in [-0.15, -0.1) is 0 Å². The lowest BCUT2D eigenvalue weighted by molar-refractivity contribution is -0.127. The van der Waals surface area contributed by atoms with E-state index in [9.17, 15) is 4.79 Å². The number of likely N-dealkylation sites (tertiary alicyclic amines) is 1. The summed E-state index contributed by atoms with van der Waals surface area (Å²) in [7, 11) is 0. The van der Waals surface area contributed by atoms with E-state index < -0.39 is 0 Å². The van der Waals surface area contributed by atoms with Crippen LogP contribution in [-0.2, 0) is 11.2 Å². The van der Waals surface area contributed by atoms with Crippen LogP contribution in [0.4, 0.5) is 0 Å². The molecule has 1 aliphatic heterocycles. The number of nitrogens with one attached hydrogen (secondary N) is 1. The lowest BCUT2D eigenvalue weighted by Gasteiger charge is -2.13. The Hall–Kier alpha value is -2.24. The Kier molecular flexibility index (Phi) is 3.45. The fourth-order valence-electron chi connectivity index (χ4n) is 2.61. The van der Waals surface area contributed by atoms with Crippen molar-refractivity contribution in [1.29, 1.82) is 0 Å². The minimum atomic E-state index is 0.155. The second-order valence-electron chi connectivity index (χ2n) is 5.16. The molecule has 3 heterocycles. The van der Waals surface area contributed by atoms with E-state index in [0.29, 0.717) is 5.92 Å². The molecule has 2 aromatic rings. The quantitative estimate of drug-likeness (QED) is 0.912. The second-order valence-corrected chi connectivity index (χ2v) is 5.16. The summed E-state index contributed by atoms with van der Waals surface area (Å²) in [6.45, 7) is 3.30. The number of H-pyrrole nitrogens is 1. The van der Waals surface area contributed by atoms with Crippen molar-refractivity contribution in [1.82, 2.24) is 24.8 Å². The van der Waals surface area contributed by atoms with Crippen LogP contribution in [0, 0.1) is 5.92 Å². The predicted molar refractivity (Wildman–Crippen MR) is 73.7 cm³/mol. The number of hydrogen-bond acceptors (Lipinski definition) is 4. The average molecular weight is 271 g/mol. The summed E-state index contributed by atoms with van der Waals surface area (Å²) in [6, 6.07) is 0. The molecule has 2 aromatic heterocycles. The van der Waals surface area contributed by atoms with E-state index in [1.54, 1.807) is 31.7 Å². The third kappa shape index (κ3) is 2.68. The summed E-state index contributed by atoms with van der Waals surface area (Å²) in [4.78, 5) is 29.3. The molecule has 3 rings (SSSR count). The number of carbonyl (C=O) groups is 1. The van der Waals surface area contributed by atoms with Crippen LogP contribution in [0.25, 0.3) is 11.5 Å². The van der Waals surface area contributed by atoms with E-state index in [0.717, 1.165) is 43.1 Å². The van der Waals surface area contributed by atoms with Gasteiger partial charge in [-0.3, -0.25) is 9.78 Å². The molecule has 6 nitrogen and oxygen atoms in total. The van der Waals surface area contributed by atoms with E-state index >= 15 is 0 Å². The number of imidazole rings is 1. The fourth-order valence-corrected chi connectivity index (χ4v) is 2.61. The molecule has 104 valence electrons. The highest BCUT2D eigenvalue weighted by Crippen LogP contribution is 2.20. The first-order chi connectivity index (χ1) is 9.72. The largest absolute Gasteiger partial charge is 0.343 e. The molecule has 1 unspecified atom stereocenters. The molecular formula is C14H17N5O. The zero-order valence-corrected chi connectivity index (χ0v) is 11.4. The van der Waals surface area contributed by atoms with Crippen molar-refractivity contribution >= 4 is 5.91 Å². The molecule has 1 saturated heterocycles. The molecule has 0 spiro atoms. The van der Waals surface area contributed by atoms with Gasteiger partial charge in [0.1, 0.15) is 5.69 Å². The third-order valence-electron chi connectivity index (χ3n) is 3.65. The van der Waals surface area contributed by atoms with Crippen LogP contribution in [0.15, 0.2) is 24.8 Å². The van der Waals surface area contributed by atoms with Gasteiger partial charge in [0, 0.05) is 38.6 Å². The minimum Gasteiger partial charge on any atom is -0.343 e. The maximum atomic E-state index is 11.3. The normalized spacial score (nSPS) is 18.4. The Morgan fingerprint density at radius 1 is 1.50 bits per heavy atom. The molecule has 20 heavy (non-hydrogen) atoms. The standard InChI is InChI=1S/C14H17N5O/c1-10(20)19-5-2-11(9-19)6-12-7-15-8-13(18-12)14-16-3-4-17-14/h3-4,7-8,11H,2,5-6,9H2,1H3,(H,16,17). The topological polar surface area (TPSA) is 74.8 Å². The van der Waals surface area contributed by atoms with Crippen LogP contribution in [0.1, 0.15) is 19.0 Å². The van der Waals surface area contributed by atoms with Crippen molar-refractivity contribution in [3.63, 3.8) is 0 Å². The summed E-state index contributed by atoms with van der Waals surface area (Å²) >= 11 is 0. The van der Waals surface area contributed by atoms with Gasteiger partial charge in [0.15, 0.2) is 5.82 Å². The summed E-state index contributed by atoms with van der Waals surface area (Å²) in [5.74, 6) is 1.36. The third-order valence-corrected chi connectivity index (χ3v) is 3.65. The minimum absolute atomic E-state index is 0.155. The van der Waals surface area contributed by atoms with Gasteiger partial charge in [-0.05, 0) is 18.8 Å². The van der Waals surface area contributed by atoms with Gasteiger partial charge in [0.2, 0.25) is 5.91 Å². The molecule has 1 amide bonds. The summed E-state index contributed by atoms with van der Waals surface area (Å²) in [6.07, 6.45) is 8.86. The number of aromatic nitrogens is 4. The van der Waals surface area contributed by atoms with Crippen LogP contribution in [-0.4, -0.2) is 43.8 Å². The Balaban J connectivity index is 1.70. The van der Waals surface area contributed by atoms with Gasteiger partial charge >= 0.3 is 0 Å². The molecule has 0 saturated carbocycles. The number of hydrogen-bond donors (Lipinski definition) is 1. The van der Waals surface area contributed by atoms with Gasteiger partial charge in [-0.1, -0.05) is 0 Å². The zero-order valence-electron chi connectivity index (χ0n) is 11.4. The second kappa shape index (κ2) is 5.40. The van der Waals surface area contributed by atoms with E-state index in [-0.39, 0.29) is 5.91 Å². The van der Waals surface area contributed by atoms with Gasteiger partial charge in [0.25, 0.3) is 0 Å². The van der Waals surface area contributed by atoms with Crippen molar-refractivity contribution in [2.45, 2.75) is 19.8 Å². The number of carbonyl (C=O) groups excluding carboxylic acids is 1. The molecule has 1 aliphatic rings. The maximum Gasteiger partial charge on any atom is 0.219 e.